The number of amides is 1. The number of rotatable bonds is 3. The summed E-state index contributed by atoms with van der Waals surface area (Å²) in [5, 5.41) is 2.02. The van der Waals surface area contributed by atoms with E-state index in [1.807, 2.05) is 11.4 Å². The molecule has 96 valence electrons. The molecule has 0 aliphatic carbocycles. The first kappa shape index (κ1) is 13.3. The van der Waals surface area contributed by atoms with Crippen LogP contribution in [-0.4, -0.2) is 22.8 Å². The van der Waals surface area contributed by atoms with E-state index < -0.39 is 0 Å². The standard InChI is InChI=1S/C12H13BrN2O2S/c1-7-11(17-8(2)14-7)12(16)15(3)5-9-4-10(13)18-6-9/h4,6H,5H2,1-3H3. The molecule has 0 aliphatic rings. The van der Waals surface area contributed by atoms with Crippen molar-refractivity contribution in [2.75, 3.05) is 7.05 Å². The molecule has 2 rings (SSSR count). The Kier molecular flexibility index (Phi) is 3.87. The highest BCUT2D eigenvalue weighted by Gasteiger charge is 2.20. The monoisotopic (exact) mass is 328 g/mol. The van der Waals surface area contributed by atoms with Crippen LogP contribution in [0, 0.1) is 13.8 Å². The number of oxazole rings is 1. The first-order valence-electron chi connectivity index (χ1n) is 5.40. The molecular weight excluding hydrogens is 316 g/mol. The van der Waals surface area contributed by atoms with Gasteiger partial charge in [0.1, 0.15) is 0 Å². The average molecular weight is 329 g/mol. The lowest BCUT2D eigenvalue weighted by Gasteiger charge is -2.14. The number of aromatic nitrogens is 1. The smallest absolute Gasteiger partial charge is 0.291 e. The van der Waals surface area contributed by atoms with E-state index in [0.29, 0.717) is 23.9 Å². The molecule has 0 fully saturated rings. The van der Waals surface area contributed by atoms with Crippen LogP contribution in [0.25, 0.3) is 0 Å². The van der Waals surface area contributed by atoms with Gasteiger partial charge in [-0.3, -0.25) is 4.79 Å². The number of carbonyl (C=O) groups excluding carboxylic acids is 1. The first-order valence-corrected chi connectivity index (χ1v) is 7.07. The van der Waals surface area contributed by atoms with Crippen molar-refractivity contribution in [3.05, 3.63) is 38.1 Å². The first-order chi connectivity index (χ1) is 8.47. The minimum atomic E-state index is -0.143. The van der Waals surface area contributed by atoms with Crippen LogP contribution in [0.3, 0.4) is 0 Å². The molecular formula is C12H13BrN2O2S. The Bertz CT molecular complexity index is 576. The Morgan fingerprint density at radius 2 is 2.28 bits per heavy atom. The summed E-state index contributed by atoms with van der Waals surface area (Å²) in [7, 11) is 1.76. The third kappa shape index (κ3) is 2.81. The summed E-state index contributed by atoms with van der Waals surface area (Å²) >= 11 is 5.01. The van der Waals surface area contributed by atoms with Gasteiger partial charge in [0.05, 0.1) is 9.48 Å². The molecule has 0 atom stereocenters. The van der Waals surface area contributed by atoms with E-state index in [9.17, 15) is 4.79 Å². The second-order valence-corrected chi connectivity index (χ2v) is 6.36. The van der Waals surface area contributed by atoms with Crippen molar-refractivity contribution in [3.8, 4) is 0 Å². The second kappa shape index (κ2) is 5.24. The van der Waals surface area contributed by atoms with Crippen molar-refractivity contribution >= 4 is 33.2 Å². The van der Waals surface area contributed by atoms with E-state index in [1.54, 1.807) is 37.1 Å². The quantitative estimate of drug-likeness (QED) is 0.867. The Balaban J connectivity index is 2.11. The van der Waals surface area contributed by atoms with Crippen molar-refractivity contribution in [3.63, 3.8) is 0 Å². The summed E-state index contributed by atoms with van der Waals surface area (Å²) < 4.78 is 6.39. The fourth-order valence-corrected chi connectivity index (χ4v) is 2.88. The lowest BCUT2D eigenvalue weighted by Crippen LogP contribution is -2.26. The van der Waals surface area contributed by atoms with Gasteiger partial charge in [-0.1, -0.05) is 0 Å². The molecule has 0 radical (unpaired) electrons. The van der Waals surface area contributed by atoms with E-state index in [2.05, 4.69) is 20.9 Å². The van der Waals surface area contributed by atoms with Gasteiger partial charge in [0, 0.05) is 20.5 Å². The molecule has 0 N–H and O–H groups in total. The predicted molar refractivity (Wildman–Crippen MR) is 73.8 cm³/mol. The summed E-state index contributed by atoms with van der Waals surface area (Å²) in [5.41, 5.74) is 1.73. The number of carbonyl (C=O) groups is 1. The molecule has 1 amide bonds. The second-order valence-electron chi connectivity index (χ2n) is 4.07. The van der Waals surface area contributed by atoms with Crippen LogP contribution >= 0.6 is 27.3 Å². The maximum Gasteiger partial charge on any atom is 0.291 e. The number of nitrogens with zero attached hydrogens (tertiary/aromatic N) is 2. The molecule has 0 unspecified atom stereocenters. The minimum absolute atomic E-state index is 0.143. The summed E-state index contributed by atoms with van der Waals surface area (Å²) in [5.74, 6) is 0.697. The fraction of sp³-hybridized carbons (Fsp3) is 0.333. The van der Waals surface area contributed by atoms with Crippen molar-refractivity contribution in [1.29, 1.82) is 0 Å². The summed E-state index contributed by atoms with van der Waals surface area (Å²) in [4.78, 5) is 17.9. The van der Waals surface area contributed by atoms with Crippen LogP contribution in [-0.2, 0) is 6.54 Å². The van der Waals surface area contributed by atoms with E-state index >= 15 is 0 Å². The largest absolute Gasteiger partial charge is 0.436 e. The van der Waals surface area contributed by atoms with Gasteiger partial charge in [-0.25, -0.2) is 4.98 Å². The summed E-state index contributed by atoms with van der Waals surface area (Å²) in [6, 6.07) is 2.01. The predicted octanol–water partition coefficient (Wildman–Crippen LogP) is 3.39. The minimum Gasteiger partial charge on any atom is -0.436 e. The van der Waals surface area contributed by atoms with Crippen molar-refractivity contribution in [2.24, 2.45) is 0 Å². The average Bonchev–Trinajstić information content (AvgIpc) is 2.84. The molecule has 0 spiro atoms. The normalized spacial score (nSPS) is 10.7. The van der Waals surface area contributed by atoms with Gasteiger partial charge in [0.2, 0.25) is 5.76 Å². The summed E-state index contributed by atoms with van der Waals surface area (Å²) in [6.45, 7) is 4.07. The van der Waals surface area contributed by atoms with Crippen LogP contribution in [0.15, 0.2) is 19.6 Å². The van der Waals surface area contributed by atoms with Crippen LogP contribution in [0.5, 0.6) is 0 Å². The third-order valence-corrected chi connectivity index (χ3v) is 4.04. The third-order valence-electron chi connectivity index (χ3n) is 2.49. The molecule has 2 aromatic heterocycles. The Morgan fingerprint density at radius 3 is 2.78 bits per heavy atom. The van der Waals surface area contributed by atoms with Gasteiger partial charge in [-0.15, -0.1) is 11.3 Å². The Morgan fingerprint density at radius 1 is 1.56 bits per heavy atom. The summed E-state index contributed by atoms with van der Waals surface area (Å²) in [6.07, 6.45) is 0. The highest BCUT2D eigenvalue weighted by atomic mass is 79.9. The highest BCUT2D eigenvalue weighted by molar-refractivity contribution is 9.11. The van der Waals surface area contributed by atoms with E-state index in [4.69, 9.17) is 4.42 Å². The molecule has 0 aliphatic heterocycles. The molecule has 18 heavy (non-hydrogen) atoms. The number of hydrogen-bond donors (Lipinski definition) is 0. The van der Waals surface area contributed by atoms with Gasteiger partial charge in [0.15, 0.2) is 5.89 Å². The van der Waals surface area contributed by atoms with Gasteiger partial charge in [-0.05, 0) is 39.9 Å². The van der Waals surface area contributed by atoms with Gasteiger partial charge < -0.3 is 9.32 Å². The van der Waals surface area contributed by atoms with Crippen molar-refractivity contribution in [1.82, 2.24) is 9.88 Å². The van der Waals surface area contributed by atoms with Crippen LogP contribution in [0.4, 0.5) is 0 Å². The zero-order chi connectivity index (χ0) is 13.3. The SMILES string of the molecule is Cc1nc(C)c(C(=O)N(C)Cc2csc(Br)c2)o1. The Labute approximate surface area is 118 Å². The van der Waals surface area contributed by atoms with Gasteiger partial charge in [-0.2, -0.15) is 0 Å². The van der Waals surface area contributed by atoms with E-state index in [1.165, 1.54) is 0 Å². The topological polar surface area (TPSA) is 46.3 Å². The fourth-order valence-electron chi connectivity index (χ4n) is 1.68. The number of hydrogen-bond acceptors (Lipinski definition) is 4. The number of aryl methyl sites for hydroxylation is 2. The van der Waals surface area contributed by atoms with Gasteiger partial charge in [0.25, 0.3) is 5.91 Å². The Hall–Kier alpha value is -1.14. The lowest BCUT2D eigenvalue weighted by molar-refractivity contribution is 0.0751. The molecule has 2 heterocycles. The molecule has 0 saturated heterocycles. The molecule has 2 aromatic rings. The molecule has 4 nitrogen and oxygen atoms in total. The van der Waals surface area contributed by atoms with Crippen molar-refractivity contribution < 1.29 is 9.21 Å². The molecule has 0 saturated carbocycles. The van der Waals surface area contributed by atoms with Gasteiger partial charge >= 0.3 is 0 Å². The number of thiophene rings is 1. The van der Waals surface area contributed by atoms with E-state index in [-0.39, 0.29) is 5.91 Å². The maximum atomic E-state index is 12.2. The van der Waals surface area contributed by atoms with Crippen LogP contribution < -0.4 is 0 Å². The number of halogens is 1. The van der Waals surface area contributed by atoms with Crippen LogP contribution in [0.2, 0.25) is 0 Å². The molecule has 6 heteroatoms. The highest BCUT2D eigenvalue weighted by Crippen LogP contribution is 2.22. The van der Waals surface area contributed by atoms with E-state index in [0.717, 1.165) is 9.35 Å². The molecule has 0 aromatic carbocycles. The van der Waals surface area contributed by atoms with Crippen molar-refractivity contribution in [2.45, 2.75) is 20.4 Å². The maximum absolute atomic E-state index is 12.2. The van der Waals surface area contributed by atoms with Crippen LogP contribution in [0.1, 0.15) is 27.7 Å². The zero-order valence-corrected chi connectivity index (χ0v) is 12.8. The zero-order valence-electron chi connectivity index (χ0n) is 10.4. The molecule has 0 bridgehead atoms. The lowest BCUT2D eigenvalue weighted by atomic mass is 10.3.